The van der Waals surface area contributed by atoms with Crippen LogP contribution in [0.1, 0.15) is 32.3 Å². The molecule has 0 radical (unpaired) electrons. The summed E-state index contributed by atoms with van der Waals surface area (Å²) in [4.78, 5) is 13.5. The highest BCUT2D eigenvalue weighted by molar-refractivity contribution is 7.92. The van der Waals surface area contributed by atoms with E-state index in [0.29, 0.717) is 18.8 Å². The number of carbonyl (C=O) groups excluding carboxylic acids is 1. The summed E-state index contributed by atoms with van der Waals surface area (Å²) >= 11 is 0. The lowest BCUT2D eigenvalue weighted by Gasteiger charge is -2.40. The first-order valence-electron chi connectivity index (χ1n) is 7.09. The van der Waals surface area contributed by atoms with Crippen molar-refractivity contribution in [1.29, 1.82) is 0 Å². The highest BCUT2D eigenvalue weighted by Gasteiger charge is 2.34. The summed E-state index contributed by atoms with van der Waals surface area (Å²) in [5.74, 6) is 0.203. The van der Waals surface area contributed by atoms with Gasteiger partial charge in [-0.25, -0.2) is 13.2 Å². The minimum atomic E-state index is -3.29. The van der Waals surface area contributed by atoms with Gasteiger partial charge in [0.25, 0.3) is 0 Å². The molecule has 0 unspecified atom stereocenters. The maximum Gasteiger partial charge on any atom is 0.410 e. The molecule has 1 N–H and O–H groups in total. The molecule has 1 aromatic rings. The second kappa shape index (κ2) is 5.79. The first kappa shape index (κ1) is 16.6. The molecule has 122 valence electrons. The number of hydrogen-bond donors (Lipinski definition) is 1. The molecular formula is C15H22N2O4S. The van der Waals surface area contributed by atoms with Gasteiger partial charge in [0, 0.05) is 24.7 Å². The fraction of sp³-hybridized carbons (Fsp3) is 0.533. The number of likely N-dealkylation sites (tertiary alicyclic amines) is 1. The molecule has 1 aromatic carbocycles. The Hall–Kier alpha value is -1.76. The molecule has 22 heavy (non-hydrogen) atoms. The minimum Gasteiger partial charge on any atom is -0.444 e. The Labute approximate surface area is 131 Å². The number of anilines is 1. The van der Waals surface area contributed by atoms with Gasteiger partial charge in [-0.15, -0.1) is 0 Å². The van der Waals surface area contributed by atoms with Crippen molar-refractivity contribution >= 4 is 21.8 Å². The normalized spacial score (nSPS) is 16.1. The summed E-state index contributed by atoms with van der Waals surface area (Å²) in [5.41, 5.74) is 1.05. The van der Waals surface area contributed by atoms with Gasteiger partial charge in [0.05, 0.1) is 6.26 Å². The van der Waals surface area contributed by atoms with E-state index in [1.807, 2.05) is 26.8 Å². The molecule has 6 nitrogen and oxygen atoms in total. The van der Waals surface area contributed by atoms with Crippen molar-refractivity contribution in [2.75, 3.05) is 24.1 Å². The van der Waals surface area contributed by atoms with Gasteiger partial charge < -0.3 is 9.64 Å². The molecule has 2 rings (SSSR count). The molecule has 0 bridgehead atoms. The maximum absolute atomic E-state index is 11.9. The maximum atomic E-state index is 11.9. The van der Waals surface area contributed by atoms with Crippen LogP contribution in [0.5, 0.6) is 0 Å². The van der Waals surface area contributed by atoms with Crippen LogP contribution in [-0.2, 0) is 14.8 Å². The summed E-state index contributed by atoms with van der Waals surface area (Å²) in [5, 5.41) is 0. The van der Waals surface area contributed by atoms with Crippen molar-refractivity contribution in [3.8, 4) is 0 Å². The Morgan fingerprint density at radius 3 is 2.50 bits per heavy atom. The number of ether oxygens (including phenoxy) is 1. The van der Waals surface area contributed by atoms with Crippen LogP contribution in [-0.4, -0.2) is 44.4 Å². The van der Waals surface area contributed by atoms with E-state index in [2.05, 4.69) is 4.72 Å². The fourth-order valence-corrected chi connectivity index (χ4v) is 2.79. The number of nitrogens with one attached hydrogen (secondary N) is 1. The van der Waals surface area contributed by atoms with Crippen LogP contribution in [0.15, 0.2) is 24.3 Å². The van der Waals surface area contributed by atoms with Crippen LogP contribution in [0.2, 0.25) is 0 Å². The molecule has 0 aromatic heterocycles. The van der Waals surface area contributed by atoms with Crippen LogP contribution < -0.4 is 4.72 Å². The van der Waals surface area contributed by atoms with Crippen molar-refractivity contribution in [1.82, 2.24) is 4.90 Å². The van der Waals surface area contributed by atoms with Gasteiger partial charge in [0.2, 0.25) is 10.0 Å². The molecular weight excluding hydrogens is 304 g/mol. The molecule has 1 fully saturated rings. The molecule has 0 spiro atoms. The topological polar surface area (TPSA) is 75.7 Å². The molecule has 0 aliphatic carbocycles. The van der Waals surface area contributed by atoms with Crippen LogP contribution in [0.3, 0.4) is 0 Å². The number of amides is 1. The number of nitrogens with zero attached hydrogens (tertiary/aromatic N) is 1. The van der Waals surface area contributed by atoms with E-state index in [1.165, 1.54) is 0 Å². The SMILES string of the molecule is CC(C)(C)OC(=O)N1CC(c2cccc(NS(C)(=O)=O)c2)C1. The van der Waals surface area contributed by atoms with Gasteiger partial charge >= 0.3 is 6.09 Å². The van der Waals surface area contributed by atoms with Crippen LogP contribution in [0, 0.1) is 0 Å². The summed E-state index contributed by atoms with van der Waals surface area (Å²) in [6.07, 6.45) is 0.807. The van der Waals surface area contributed by atoms with Crippen LogP contribution in [0.25, 0.3) is 0 Å². The second-order valence-electron chi connectivity index (χ2n) is 6.58. The Morgan fingerprint density at radius 2 is 1.95 bits per heavy atom. The third-order valence-electron chi connectivity index (χ3n) is 3.19. The zero-order valence-electron chi connectivity index (χ0n) is 13.3. The number of carbonyl (C=O) groups is 1. The first-order chi connectivity index (χ1) is 10.0. The van der Waals surface area contributed by atoms with Gasteiger partial charge in [-0.1, -0.05) is 12.1 Å². The van der Waals surface area contributed by atoms with Crippen molar-refractivity contribution in [2.45, 2.75) is 32.3 Å². The Balaban J connectivity index is 1.96. The van der Waals surface area contributed by atoms with Crippen molar-refractivity contribution in [3.05, 3.63) is 29.8 Å². The van der Waals surface area contributed by atoms with E-state index < -0.39 is 15.6 Å². The van der Waals surface area contributed by atoms with Crippen molar-refractivity contribution in [2.24, 2.45) is 0 Å². The highest BCUT2D eigenvalue weighted by Crippen LogP contribution is 2.30. The Kier molecular flexibility index (Phi) is 4.37. The van der Waals surface area contributed by atoms with Gasteiger partial charge in [0.15, 0.2) is 0 Å². The predicted octanol–water partition coefficient (Wildman–Crippen LogP) is 2.39. The van der Waals surface area contributed by atoms with Crippen LogP contribution >= 0.6 is 0 Å². The number of hydrogen-bond acceptors (Lipinski definition) is 4. The number of sulfonamides is 1. The van der Waals surface area contributed by atoms with Gasteiger partial charge in [-0.3, -0.25) is 4.72 Å². The largest absolute Gasteiger partial charge is 0.444 e. The van der Waals surface area contributed by atoms with E-state index in [9.17, 15) is 13.2 Å². The average molecular weight is 326 g/mol. The van der Waals surface area contributed by atoms with E-state index >= 15 is 0 Å². The summed E-state index contributed by atoms with van der Waals surface area (Å²) in [6.45, 7) is 6.67. The van der Waals surface area contributed by atoms with Gasteiger partial charge in [0.1, 0.15) is 5.60 Å². The predicted molar refractivity (Wildman–Crippen MR) is 85.5 cm³/mol. The molecule has 1 aliphatic heterocycles. The lowest BCUT2D eigenvalue weighted by molar-refractivity contribution is 0.00820. The monoisotopic (exact) mass is 326 g/mol. The molecule has 0 atom stereocenters. The van der Waals surface area contributed by atoms with E-state index in [1.54, 1.807) is 23.1 Å². The summed E-state index contributed by atoms with van der Waals surface area (Å²) < 4.78 is 30.3. The zero-order valence-corrected chi connectivity index (χ0v) is 14.1. The van der Waals surface area contributed by atoms with E-state index in [-0.39, 0.29) is 12.0 Å². The summed E-state index contributed by atoms with van der Waals surface area (Å²) in [7, 11) is -3.29. The number of rotatable bonds is 3. The lowest BCUT2D eigenvalue weighted by Crippen LogP contribution is -2.50. The molecule has 1 saturated heterocycles. The summed E-state index contributed by atoms with van der Waals surface area (Å²) in [6, 6.07) is 7.25. The quantitative estimate of drug-likeness (QED) is 0.925. The van der Waals surface area contributed by atoms with Crippen molar-refractivity contribution < 1.29 is 17.9 Å². The van der Waals surface area contributed by atoms with Crippen molar-refractivity contribution in [3.63, 3.8) is 0 Å². The standard InChI is InChI=1S/C15H22N2O4S/c1-15(2,3)21-14(18)17-9-12(10-17)11-6-5-7-13(8-11)16-22(4,19)20/h5-8,12,16H,9-10H2,1-4H3. The smallest absolute Gasteiger partial charge is 0.410 e. The first-order valence-corrected chi connectivity index (χ1v) is 8.98. The van der Waals surface area contributed by atoms with E-state index in [0.717, 1.165) is 11.8 Å². The third-order valence-corrected chi connectivity index (χ3v) is 3.80. The average Bonchev–Trinajstić information content (AvgIpc) is 2.21. The van der Waals surface area contributed by atoms with Crippen LogP contribution in [0.4, 0.5) is 10.5 Å². The number of benzene rings is 1. The molecule has 1 aliphatic rings. The molecule has 1 heterocycles. The molecule has 7 heteroatoms. The van der Waals surface area contributed by atoms with Gasteiger partial charge in [-0.05, 0) is 38.5 Å². The lowest BCUT2D eigenvalue weighted by atomic mass is 9.91. The fourth-order valence-electron chi connectivity index (χ4n) is 2.24. The third kappa shape index (κ3) is 4.62. The van der Waals surface area contributed by atoms with Gasteiger partial charge in [-0.2, -0.15) is 0 Å². The second-order valence-corrected chi connectivity index (χ2v) is 8.33. The zero-order chi connectivity index (χ0) is 16.5. The minimum absolute atomic E-state index is 0.203. The highest BCUT2D eigenvalue weighted by atomic mass is 32.2. The molecule has 0 saturated carbocycles. The Morgan fingerprint density at radius 1 is 1.32 bits per heavy atom. The Bertz CT molecular complexity index is 658. The van der Waals surface area contributed by atoms with E-state index in [4.69, 9.17) is 4.74 Å². The molecule has 1 amide bonds.